The molecule has 1 saturated carbocycles. The minimum Gasteiger partial charge on any atom is -0.443 e. The number of carbonyl (C=O) groups excluding carboxylic acids is 2. The van der Waals surface area contributed by atoms with Crippen LogP contribution in [0.4, 0.5) is 16.2 Å². The highest BCUT2D eigenvalue weighted by atomic mass is 16.6. The second-order valence-electron chi connectivity index (χ2n) is 12.4. The highest BCUT2D eigenvalue weighted by Gasteiger charge is 2.89. The number of hydrogen-bond donors (Lipinski definition) is 0. The third-order valence-electron chi connectivity index (χ3n) is 8.94. The summed E-state index contributed by atoms with van der Waals surface area (Å²) >= 11 is 0. The van der Waals surface area contributed by atoms with Crippen LogP contribution in [0.5, 0.6) is 0 Å². The molecule has 3 atom stereocenters. The number of nitrogens with zero attached hydrogens (tertiary/aromatic N) is 5. The SMILES string of the molecule is CC(C)(C)OC(=O)N1c2ccccc2[C@]23CCN(C(C)(C)c4ccccc4)C(=O)C2(c2ccccc2N=[N+]=[N-])[C@H]13. The largest absolute Gasteiger partial charge is 0.443 e. The zero-order valence-electron chi connectivity index (χ0n) is 23.5. The van der Waals surface area contributed by atoms with Gasteiger partial charge in [0.05, 0.1) is 17.3 Å². The van der Waals surface area contributed by atoms with E-state index in [-0.39, 0.29) is 5.91 Å². The van der Waals surface area contributed by atoms with Crippen molar-refractivity contribution in [3.8, 4) is 0 Å². The van der Waals surface area contributed by atoms with Crippen LogP contribution in [0.3, 0.4) is 0 Å². The first-order valence-electron chi connectivity index (χ1n) is 13.7. The number of piperidine rings is 1. The van der Waals surface area contributed by atoms with Crippen molar-refractivity contribution in [3.05, 3.63) is 106 Å². The molecule has 3 aliphatic rings. The third-order valence-corrected chi connectivity index (χ3v) is 8.94. The molecule has 0 bridgehead atoms. The molecule has 1 unspecified atom stereocenters. The maximum absolute atomic E-state index is 15.1. The molecule has 1 spiro atoms. The Balaban J connectivity index is 1.60. The van der Waals surface area contributed by atoms with Crippen LogP contribution in [-0.2, 0) is 25.9 Å². The van der Waals surface area contributed by atoms with Crippen LogP contribution in [0, 0.1) is 0 Å². The van der Waals surface area contributed by atoms with E-state index in [4.69, 9.17) is 4.74 Å². The predicted octanol–water partition coefficient (Wildman–Crippen LogP) is 7.11. The summed E-state index contributed by atoms with van der Waals surface area (Å²) in [6.45, 7) is 10.1. The van der Waals surface area contributed by atoms with E-state index in [0.29, 0.717) is 24.2 Å². The van der Waals surface area contributed by atoms with Crippen LogP contribution >= 0.6 is 0 Å². The maximum Gasteiger partial charge on any atom is 0.415 e. The van der Waals surface area contributed by atoms with Gasteiger partial charge in [-0.05, 0) is 69.3 Å². The molecule has 204 valence electrons. The number of rotatable bonds is 4. The number of fused-ring (bicyclic) bond motifs is 2. The molecule has 2 amide bonds. The number of para-hydroxylation sites is 1. The molecule has 8 heteroatoms. The number of likely N-dealkylation sites (tertiary alicyclic amines) is 1. The van der Waals surface area contributed by atoms with Crippen molar-refractivity contribution in [2.45, 2.75) is 69.1 Å². The quantitative estimate of drug-likeness (QED) is 0.202. The van der Waals surface area contributed by atoms with Crippen molar-refractivity contribution in [2.24, 2.45) is 5.11 Å². The van der Waals surface area contributed by atoms with E-state index >= 15 is 4.79 Å². The van der Waals surface area contributed by atoms with Gasteiger partial charge in [-0.2, -0.15) is 0 Å². The fourth-order valence-corrected chi connectivity index (χ4v) is 7.36. The molecular formula is C32H33N5O3. The van der Waals surface area contributed by atoms with Crippen molar-refractivity contribution in [3.63, 3.8) is 0 Å². The van der Waals surface area contributed by atoms with Gasteiger partial charge in [-0.15, -0.1) is 0 Å². The summed E-state index contributed by atoms with van der Waals surface area (Å²) in [7, 11) is 0. The van der Waals surface area contributed by atoms with Crippen LogP contribution in [0.1, 0.15) is 57.7 Å². The number of benzene rings is 3. The summed E-state index contributed by atoms with van der Waals surface area (Å²) in [5.41, 5.74) is 10.1. The third kappa shape index (κ3) is 3.29. The zero-order valence-corrected chi connectivity index (χ0v) is 23.5. The second-order valence-corrected chi connectivity index (χ2v) is 12.4. The van der Waals surface area contributed by atoms with Gasteiger partial charge in [-0.1, -0.05) is 77.9 Å². The summed E-state index contributed by atoms with van der Waals surface area (Å²) in [5, 5.41) is 4.02. The Labute approximate surface area is 234 Å². The van der Waals surface area contributed by atoms with E-state index in [2.05, 4.69) is 23.9 Å². The van der Waals surface area contributed by atoms with E-state index in [0.717, 1.165) is 16.8 Å². The van der Waals surface area contributed by atoms with E-state index in [1.165, 1.54) is 0 Å². The van der Waals surface area contributed by atoms with Crippen LogP contribution in [0.25, 0.3) is 10.4 Å². The molecule has 40 heavy (non-hydrogen) atoms. The minimum atomic E-state index is -1.15. The van der Waals surface area contributed by atoms with Crippen molar-refractivity contribution >= 4 is 23.4 Å². The summed E-state index contributed by atoms with van der Waals surface area (Å²) in [6, 6.07) is 24.6. The molecule has 0 N–H and O–H groups in total. The first-order valence-corrected chi connectivity index (χ1v) is 13.7. The molecule has 8 nitrogen and oxygen atoms in total. The van der Waals surface area contributed by atoms with Gasteiger partial charge in [0, 0.05) is 22.6 Å². The standard InChI is InChI=1S/C32H33N5O3/c1-29(2,3)40-28(39)37-25-18-12-10-16-23(25)31-19-20-36(30(4,5)21-13-7-6-8-14-21)27(38)32(31,26(31)37)22-15-9-11-17-24(22)34-35-33/h6-18,26H,19-20H2,1-5H3/t26-,31+,32?/m1/s1. The monoisotopic (exact) mass is 535 g/mol. The number of ether oxygens (including phenoxy) is 1. The molecule has 3 aromatic carbocycles. The Bertz CT molecular complexity index is 1570. The maximum atomic E-state index is 15.1. The average molecular weight is 536 g/mol. The predicted molar refractivity (Wildman–Crippen MR) is 153 cm³/mol. The lowest BCUT2D eigenvalue weighted by atomic mass is 9.73. The molecule has 2 fully saturated rings. The lowest BCUT2D eigenvalue weighted by Gasteiger charge is -2.46. The number of hydrogen-bond acceptors (Lipinski definition) is 4. The number of anilines is 1. The Hall–Kier alpha value is -4.29. The van der Waals surface area contributed by atoms with E-state index in [1.807, 2.05) is 92.4 Å². The molecule has 2 heterocycles. The molecule has 3 aromatic rings. The number of carbonyl (C=O) groups is 2. The summed E-state index contributed by atoms with van der Waals surface area (Å²) in [5.74, 6) is -0.0822. The number of amides is 2. The highest BCUT2D eigenvalue weighted by molar-refractivity contribution is 6.09. The van der Waals surface area contributed by atoms with Gasteiger partial charge in [0.2, 0.25) is 5.91 Å². The molecular weight excluding hydrogens is 502 g/mol. The minimum absolute atomic E-state index is 0.0822. The van der Waals surface area contributed by atoms with E-state index in [1.54, 1.807) is 17.0 Å². The van der Waals surface area contributed by atoms with E-state index in [9.17, 15) is 10.3 Å². The van der Waals surface area contributed by atoms with Crippen LogP contribution < -0.4 is 4.90 Å². The van der Waals surface area contributed by atoms with Gasteiger partial charge in [0.25, 0.3) is 0 Å². The smallest absolute Gasteiger partial charge is 0.415 e. The van der Waals surface area contributed by atoms with Gasteiger partial charge in [-0.3, -0.25) is 9.69 Å². The zero-order chi connectivity index (χ0) is 28.5. The van der Waals surface area contributed by atoms with Crippen molar-refractivity contribution in [1.29, 1.82) is 0 Å². The molecule has 0 radical (unpaired) electrons. The second kappa shape index (κ2) is 8.60. The van der Waals surface area contributed by atoms with Crippen LogP contribution in [0.15, 0.2) is 84.0 Å². The Morgan fingerprint density at radius 1 is 0.950 bits per heavy atom. The van der Waals surface area contributed by atoms with E-state index < -0.39 is 34.1 Å². The molecule has 1 saturated heterocycles. The lowest BCUT2D eigenvalue weighted by molar-refractivity contribution is -0.143. The Kier molecular flexibility index (Phi) is 5.58. The van der Waals surface area contributed by atoms with Crippen molar-refractivity contribution in [1.82, 2.24) is 4.90 Å². The Morgan fingerprint density at radius 2 is 1.57 bits per heavy atom. The summed E-state index contributed by atoms with van der Waals surface area (Å²) in [4.78, 5) is 35.7. The van der Waals surface area contributed by atoms with Gasteiger partial charge < -0.3 is 9.64 Å². The van der Waals surface area contributed by atoms with Crippen molar-refractivity contribution < 1.29 is 14.3 Å². The summed E-state index contributed by atoms with van der Waals surface area (Å²) < 4.78 is 5.92. The Morgan fingerprint density at radius 3 is 2.25 bits per heavy atom. The normalized spacial score (nSPS) is 24.9. The van der Waals surface area contributed by atoms with Gasteiger partial charge in [0.1, 0.15) is 11.0 Å². The fraction of sp³-hybridized carbons (Fsp3) is 0.375. The highest BCUT2D eigenvalue weighted by Crippen LogP contribution is 2.78. The lowest BCUT2D eigenvalue weighted by Crippen LogP contribution is -2.57. The molecule has 2 aliphatic heterocycles. The number of azide groups is 1. The van der Waals surface area contributed by atoms with Crippen LogP contribution in [-0.4, -0.2) is 35.1 Å². The van der Waals surface area contributed by atoms with Gasteiger partial charge in [-0.25, -0.2) is 4.79 Å². The molecule has 1 aliphatic carbocycles. The molecule has 6 rings (SSSR count). The first-order chi connectivity index (χ1) is 19.0. The van der Waals surface area contributed by atoms with Crippen molar-refractivity contribution in [2.75, 3.05) is 11.4 Å². The summed E-state index contributed by atoms with van der Waals surface area (Å²) in [6.07, 6.45) is 0.152. The topological polar surface area (TPSA) is 98.6 Å². The first kappa shape index (κ1) is 26.0. The fourth-order valence-electron chi connectivity index (χ4n) is 7.36. The average Bonchev–Trinajstić information content (AvgIpc) is 3.43. The molecule has 0 aromatic heterocycles. The van der Waals surface area contributed by atoms with Crippen LogP contribution in [0.2, 0.25) is 0 Å². The van der Waals surface area contributed by atoms with Gasteiger partial charge >= 0.3 is 6.09 Å². The van der Waals surface area contributed by atoms with Gasteiger partial charge in [0.15, 0.2) is 0 Å².